The first-order chi connectivity index (χ1) is 6.05. The molecule has 0 saturated carbocycles. The Morgan fingerprint density at radius 2 is 2.00 bits per heavy atom. The lowest BCUT2D eigenvalue weighted by molar-refractivity contribution is 0.455. The zero-order valence-electron chi connectivity index (χ0n) is 7.69. The maximum Gasteiger partial charge on any atom is 0.153 e. The number of nitrogens with one attached hydrogen (secondary N) is 1. The van der Waals surface area contributed by atoms with Crippen molar-refractivity contribution in [3.8, 4) is 0 Å². The molecule has 2 rings (SSSR count). The highest BCUT2D eigenvalue weighted by atomic mass is 32.2. The van der Waals surface area contributed by atoms with Crippen LogP contribution in [0.5, 0.6) is 0 Å². The summed E-state index contributed by atoms with van der Waals surface area (Å²) < 4.78 is 21.8. The van der Waals surface area contributed by atoms with Gasteiger partial charge in [-0.15, -0.1) is 0 Å². The Hall–Kier alpha value is 0.260. The molecule has 0 aliphatic carbocycles. The van der Waals surface area contributed by atoms with Gasteiger partial charge in [-0.25, -0.2) is 8.42 Å². The number of rotatable bonds is 2. The fourth-order valence-electron chi connectivity index (χ4n) is 1.93. The van der Waals surface area contributed by atoms with Crippen LogP contribution >= 0.6 is 11.8 Å². The van der Waals surface area contributed by atoms with Crippen LogP contribution in [0.15, 0.2) is 0 Å². The van der Waals surface area contributed by atoms with Crippen LogP contribution in [-0.2, 0) is 9.84 Å². The van der Waals surface area contributed by atoms with Crippen molar-refractivity contribution in [2.24, 2.45) is 0 Å². The third kappa shape index (κ3) is 2.39. The Morgan fingerprint density at radius 1 is 1.31 bits per heavy atom. The summed E-state index contributed by atoms with van der Waals surface area (Å²) in [5.74, 6) is 1.84. The Kier molecular flexibility index (Phi) is 2.59. The minimum atomic E-state index is -2.66. The standard InChI is InChI=1S/C8H15NO2S2/c1-6-2-7(3-12-6)9-8-4-13(10,11)5-8/h6-9H,2-5H2,1H3. The third-order valence-corrected chi connectivity index (χ3v) is 5.76. The van der Waals surface area contributed by atoms with Gasteiger partial charge in [0.2, 0.25) is 0 Å². The van der Waals surface area contributed by atoms with Gasteiger partial charge in [0, 0.05) is 23.1 Å². The molecule has 13 heavy (non-hydrogen) atoms. The van der Waals surface area contributed by atoms with Gasteiger partial charge in [-0.1, -0.05) is 6.92 Å². The van der Waals surface area contributed by atoms with E-state index in [1.54, 1.807) is 0 Å². The lowest BCUT2D eigenvalue weighted by Gasteiger charge is -2.29. The van der Waals surface area contributed by atoms with Gasteiger partial charge in [-0.3, -0.25) is 0 Å². The molecule has 0 spiro atoms. The molecule has 1 N–H and O–H groups in total. The predicted molar refractivity (Wildman–Crippen MR) is 55.9 cm³/mol. The highest BCUT2D eigenvalue weighted by Crippen LogP contribution is 2.27. The maximum atomic E-state index is 10.9. The van der Waals surface area contributed by atoms with Crippen LogP contribution in [0.3, 0.4) is 0 Å². The highest BCUT2D eigenvalue weighted by molar-refractivity contribution is 8.00. The van der Waals surface area contributed by atoms with Gasteiger partial charge in [-0.05, 0) is 6.42 Å². The first-order valence-corrected chi connectivity index (χ1v) is 7.50. The monoisotopic (exact) mass is 221 g/mol. The molecule has 2 aliphatic heterocycles. The molecule has 0 amide bonds. The average molecular weight is 221 g/mol. The molecule has 3 nitrogen and oxygen atoms in total. The quantitative estimate of drug-likeness (QED) is 0.727. The lowest BCUT2D eigenvalue weighted by Crippen LogP contribution is -2.54. The smallest absolute Gasteiger partial charge is 0.153 e. The molecule has 76 valence electrons. The number of hydrogen-bond donors (Lipinski definition) is 1. The molecule has 0 bridgehead atoms. The number of hydrogen-bond acceptors (Lipinski definition) is 4. The van der Waals surface area contributed by atoms with Crippen LogP contribution in [0, 0.1) is 0 Å². The molecule has 2 fully saturated rings. The molecule has 2 saturated heterocycles. The van der Waals surface area contributed by atoms with Gasteiger partial charge in [-0.2, -0.15) is 11.8 Å². The van der Waals surface area contributed by atoms with Crippen molar-refractivity contribution in [1.82, 2.24) is 5.32 Å². The second kappa shape index (κ2) is 3.44. The van der Waals surface area contributed by atoms with Gasteiger partial charge in [0.1, 0.15) is 0 Å². The Bertz CT molecular complexity index is 277. The molecule has 5 heteroatoms. The largest absolute Gasteiger partial charge is 0.308 e. The normalized spacial score (nSPS) is 38.8. The van der Waals surface area contributed by atoms with E-state index in [4.69, 9.17) is 0 Å². The van der Waals surface area contributed by atoms with Crippen LogP contribution in [0.4, 0.5) is 0 Å². The van der Waals surface area contributed by atoms with E-state index in [2.05, 4.69) is 12.2 Å². The Morgan fingerprint density at radius 3 is 2.46 bits per heavy atom. The summed E-state index contributed by atoms with van der Waals surface area (Å²) in [6.07, 6.45) is 1.18. The second-order valence-corrected chi connectivity index (χ2v) is 7.64. The number of thioether (sulfide) groups is 1. The summed E-state index contributed by atoms with van der Waals surface area (Å²) in [4.78, 5) is 0. The van der Waals surface area contributed by atoms with Gasteiger partial charge < -0.3 is 5.32 Å². The molecule has 0 aromatic heterocycles. The Balaban J connectivity index is 1.75. The highest BCUT2D eigenvalue weighted by Gasteiger charge is 2.35. The summed E-state index contributed by atoms with van der Waals surface area (Å²) in [5.41, 5.74) is 0. The van der Waals surface area contributed by atoms with Crippen LogP contribution in [0.25, 0.3) is 0 Å². The van der Waals surface area contributed by atoms with Crippen LogP contribution in [0.2, 0.25) is 0 Å². The molecule has 2 aliphatic rings. The zero-order chi connectivity index (χ0) is 9.47. The van der Waals surface area contributed by atoms with E-state index in [1.165, 1.54) is 6.42 Å². The minimum absolute atomic E-state index is 0.237. The molecule has 0 radical (unpaired) electrons. The van der Waals surface area contributed by atoms with Crippen molar-refractivity contribution in [2.75, 3.05) is 17.3 Å². The van der Waals surface area contributed by atoms with Crippen molar-refractivity contribution >= 4 is 21.6 Å². The van der Waals surface area contributed by atoms with Gasteiger partial charge in [0.15, 0.2) is 9.84 Å². The van der Waals surface area contributed by atoms with E-state index >= 15 is 0 Å². The topological polar surface area (TPSA) is 46.2 Å². The molecular formula is C8H15NO2S2. The fraction of sp³-hybridized carbons (Fsp3) is 1.00. The van der Waals surface area contributed by atoms with Crippen molar-refractivity contribution < 1.29 is 8.42 Å². The first-order valence-electron chi connectivity index (χ1n) is 4.63. The van der Waals surface area contributed by atoms with E-state index < -0.39 is 9.84 Å². The molecule has 2 heterocycles. The molecule has 2 atom stereocenters. The fourth-order valence-corrected chi connectivity index (χ4v) is 4.41. The summed E-state index contributed by atoms with van der Waals surface area (Å²) in [6, 6.07) is 0.779. The van der Waals surface area contributed by atoms with Gasteiger partial charge in [0.05, 0.1) is 11.5 Å². The SMILES string of the molecule is CC1CC(NC2CS(=O)(=O)C2)CS1. The van der Waals surface area contributed by atoms with E-state index in [0.29, 0.717) is 17.5 Å². The third-order valence-electron chi connectivity index (χ3n) is 2.58. The Labute approximate surface area is 83.6 Å². The summed E-state index contributed by atoms with van der Waals surface area (Å²) >= 11 is 1.97. The van der Waals surface area contributed by atoms with Crippen molar-refractivity contribution in [3.63, 3.8) is 0 Å². The average Bonchev–Trinajstić information content (AvgIpc) is 2.31. The van der Waals surface area contributed by atoms with Crippen molar-refractivity contribution in [2.45, 2.75) is 30.7 Å². The molecule has 2 unspecified atom stereocenters. The van der Waals surface area contributed by atoms with Gasteiger partial charge >= 0.3 is 0 Å². The number of sulfone groups is 1. The van der Waals surface area contributed by atoms with E-state index in [-0.39, 0.29) is 6.04 Å². The summed E-state index contributed by atoms with van der Waals surface area (Å²) in [6.45, 7) is 2.23. The van der Waals surface area contributed by atoms with E-state index in [9.17, 15) is 8.42 Å². The van der Waals surface area contributed by atoms with E-state index in [0.717, 1.165) is 11.0 Å². The second-order valence-electron chi connectivity index (χ2n) is 4.02. The molecular weight excluding hydrogens is 206 g/mol. The predicted octanol–water partition coefficient (Wildman–Crippen LogP) is 0.267. The van der Waals surface area contributed by atoms with Gasteiger partial charge in [0.25, 0.3) is 0 Å². The van der Waals surface area contributed by atoms with Crippen molar-refractivity contribution in [3.05, 3.63) is 0 Å². The lowest BCUT2D eigenvalue weighted by atomic mass is 10.2. The first kappa shape index (κ1) is 9.80. The summed E-state index contributed by atoms with van der Waals surface area (Å²) in [7, 11) is -2.66. The summed E-state index contributed by atoms with van der Waals surface area (Å²) in [5, 5.41) is 4.13. The van der Waals surface area contributed by atoms with Crippen LogP contribution in [0.1, 0.15) is 13.3 Å². The minimum Gasteiger partial charge on any atom is -0.308 e. The van der Waals surface area contributed by atoms with Crippen LogP contribution in [-0.4, -0.2) is 43.0 Å². The molecule has 0 aromatic carbocycles. The van der Waals surface area contributed by atoms with E-state index in [1.807, 2.05) is 11.8 Å². The maximum absolute atomic E-state index is 10.9. The van der Waals surface area contributed by atoms with Crippen molar-refractivity contribution in [1.29, 1.82) is 0 Å². The molecule has 0 aromatic rings. The van der Waals surface area contributed by atoms with Crippen LogP contribution < -0.4 is 5.32 Å². The zero-order valence-corrected chi connectivity index (χ0v) is 9.33.